The van der Waals surface area contributed by atoms with Crippen LogP contribution in [-0.2, 0) is 16.1 Å². The van der Waals surface area contributed by atoms with Crippen LogP contribution in [0.4, 0.5) is 0 Å². The monoisotopic (exact) mass is 361 g/mol. The largest absolute Gasteiger partial charge is 0.497 e. The lowest BCUT2D eigenvalue weighted by molar-refractivity contribution is -0.137. The van der Waals surface area contributed by atoms with Crippen molar-refractivity contribution in [2.75, 3.05) is 14.2 Å². The third kappa shape index (κ3) is 3.60. The molecule has 2 heterocycles. The fourth-order valence-corrected chi connectivity index (χ4v) is 3.50. The first-order valence-corrected chi connectivity index (χ1v) is 8.67. The molecule has 1 aliphatic heterocycles. The van der Waals surface area contributed by atoms with Gasteiger partial charge in [-0.2, -0.15) is 4.40 Å². The summed E-state index contributed by atoms with van der Waals surface area (Å²) in [6, 6.07) is 7.67. The standard InChI is InChI=1S/C16H15N3O3S2/c1-21-12-5-3-11(4-6-12)10-19-14(16(20)22-2)9-13(18-24-19)15-17-7-8-23-15/h3-9H,10H2,1-2H3. The second-order valence-corrected chi connectivity index (χ2v) is 6.48. The van der Waals surface area contributed by atoms with Crippen molar-refractivity contribution >= 4 is 35.2 Å². The minimum atomic E-state index is -0.403. The lowest BCUT2D eigenvalue weighted by Gasteiger charge is -2.25. The van der Waals surface area contributed by atoms with E-state index in [9.17, 15) is 4.79 Å². The average Bonchev–Trinajstić information content (AvgIpc) is 3.16. The summed E-state index contributed by atoms with van der Waals surface area (Å²) in [6.45, 7) is 0.518. The molecular weight excluding hydrogens is 346 g/mol. The Hall–Kier alpha value is -2.32. The van der Waals surface area contributed by atoms with Crippen molar-refractivity contribution in [3.8, 4) is 5.75 Å². The third-order valence-corrected chi connectivity index (χ3v) is 4.91. The number of aromatic nitrogens is 1. The molecule has 24 heavy (non-hydrogen) atoms. The predicted molar refractivity (Wildman–Crippen MR) is 94.9 cm³/mol. The first-order chi connectivity index (χ1) is 11.7. The summed E-state index contributed by atoms with van der Waals surface area (Å²) >= 11 is 2.69. The predicted octanol–water partition coefficient (Wildman–Crippen LogP) is 3.08. The second kappa shape index (κ2) is 7.50. The molecule has 124 valence electrons. The Labute approximate surface area is 148 Å². The van der Waals surface area contributed by atoms with Gasteiger partial charge in [0.25, 0.3) is 0 Å². The van der Waals surface area contributed by atoms with Crippen molar-refractivity contribution < 1.29 is 14.3 Å². The first kappa shape index (κ1) is 16.5. The molecule has 0 N–H and O–H groups in total. The molecule has 0 saturated heterocycles. The molecule has 0 fully saturated rings. The number of methoxy groups -OCH3 is 2. The molecule has 8 heteroatoms. The molecule has 0 spiro atoms. The molecule has 1 aliphatic rings. The van der Waals surface area contributed by atoms with Gasteiger partial charge in [-0.15, -0.1) is 11.3 Å². The summed E-state index contributed by atoms with van der Waals surface area (Å²) in [5, 5.41) is 2.64. The van der Waals surface area contributed by atoms with Gasteiger partial charge < -0.3 is 9.47 Å². The van der Waals surface area contributed by atoms with Crippen LogP contribution in [0.5, 0.6) is 5.75 Å². The minimum absolute atomic E-state index is 0.403. The van der Waals surface area contributed by atoms with Crippen LogP contribution in [0.3, 0.4) is 0 Å². The van der Waals surface area contributed by atoms with Gasteiger partial charge in [-0.3, -0.25) is 4.31 Å². The molecule has 0 saturated carbocycles. The van der Waals surface area contributed by atoms with Crippen LogP contribution in [0.25, 0.3) is 0 Å². The van der Waals surface area contributed by atoms with E-state index in [-0.39, 0.29) is 0 Å². The van der Waals surface area contributed by atoms with Gasteiger partial charge in [0.15, 0.2) is 0 Å². The summed E-state index contributed by atoms with van der Waals surface area (Å²) in [4.78, 5) is 16.4. The Morgan fingerprint density at radius 1 is 1.25 bits per heavy atom. The number of nitrogens with zero attached hydrogens (tertiary/aromatic N) is 3. The van der Waals surface area contributed by atoms with Crippen molar-refractivity contribution in [1.29, 1.82) is 0 Å². The zero-order chi connectivity index (χ0) is 16.9. The molecule has 0 unspecified atom stereocenters. The van der Waals surface area contributed by atoms with Crippen LogP contribution < -0.4 is 4.74 Å². The molecule has 1 aromatic heterocycles. The van der Waals surface area contributed by atoms with Crippen molar-refractivity contribution in [3.05, 3.63) is 58.2 Å². The van der Waals surface area contributed by atoms with E-state index >= 15 is 0 Å². The molecular formula is C16H15N3O3S2. The molecule has 0 radical (unpaired) electrons. The maximum Gasteiger partial charge on any atom is 0.355 e. The van der Waals surface area contributed by atoms with E-state index < -0.39 is 5.97 Å². The summed E-state index contributed by atoms with van der Waals surface area (Å²) in [5.41, 5.74) is 2.14. The number of rotatable bonds is 5. The highest BCUT2D eigenvalue weighted by Crippen LogP contribution is 2.29. The molecule has 0 aliphatic carbocycles. The van der Waals surface area contributed by atoms with E-state index in [1.165, 1.54) is 30.6 Å². The lowest BCUT2D eigenvalue weighted by atomic mass is 10.2. The van der Waals surface area contributed by atoms with Gasteiger partial charge in [0, 0.05) is 11.6 Å². The smallest absolute Gasteiger partial charge is 0.355 e. The molecule has 2 aromatic rings. The number of esters is 1. The van der Waals surface area contributed by atoms with E-state index in [0.717, 1.165) is 16.3 Å². The van der Waals surface area contributed by atoms with Gasteiger partial charge in [-0.05, 0) is 23.8 Å². The van der Waals surface area contributed by atoms with E-state index in [2.05, 4.69) is 9.38 Å². The Kier molecular flexibility index (Phi) is 5.17. The zero-order valence-corrected chi connectivity index (χ0v) is 14.8. The minimum Gasteiger partial charge on any atom is -0.497 e. The van der Waals surface area contributed by atoms with Crippen LogP contribution in [0.2, 0.25) is 0 Å². The molecule has 6 nitrogen and oxygen atoms in total. The van der Waals surface area contributed by atoms with Crippen LogP contribution >= 0.6 is 23.5 Å². The highest BCUT2D eigenvalue weighted by atomic mass is 32.2. The number of hydrogen-bond acceptors (Lipinski definition) is 8. The Bertz CT molecular complexity index is 770. The zero-order valence-electron chi connectivity index (χ0n) is 13.1. The molecule has 0 atom stereocenters. The number of carbonyl (C=O) groups excluding carboxylic acids is 1. The Morgan fingerprint density at radius 3 is 2.67 bits per heavy atom. The maximum atomic E-state index is 12.1. The molecule has 0 amide bonds. The van der Waals surface area contributed by atoms with Gasteiger partial charge >= 0.3 is 5.97 Å². The molecule has 0 bridgehead atoms. The summed E-state index contributed by atoms with van der Waals surface area (Å²) < 4.78 is 16.3. The maximum absolute atomic E-state index is 12.1. The van der Waals surface area contributed by atoms with E-state index in [4.69, 9.17) is 9.47 Å². The van der Waals surface area contributed by atoms with Crippen LogP contribution in [-0.4, -0.2) is 35.2 Å². The first-order valence-electron chi connectivity index (χ1n) is 7.06. The number of benzene rings is 1. The van der Waals surface area contributed by atoms with E-state index in [1.54, 1.807) is 23.7 Å². The van der Waals surface area contributed by atoms with Gasteiger partial charge in [0.1, 0.15) is 22.2 Å². The normalized spacial score (nSPS) is 14.0. The van der Waals surface area contributed by atoms with E-state index in [0.29, 0.717) is 18.0 Å². The second-order valence-electron chi connectivity index (χ2n) is 4.80. The number of ether oxygens (including phenoxy) is 2. The van der Waals surface area contributed by atoms with Crippen LogP contribution in [0, 0.1) is 0 Å². The van der Waals surface area contributed by atoms with Crippen molar-refractivity contribution in [2.45, 2.75) is 6.54 Å². The number of hydrogen-bond donors (Lipinski definition) is 0. The summed E-state index contributed by atoms with van der Waals surface area (Å²) in [5.74, 6) is 0.387. The van der Waals surface area contributed by atoms with Gasteiger partial charge in [0.05, 0.1) is 32.9 Å². The van der Waals surface area contributed by atoms with Crippen molar-refractivity contribution in [3.63, 3.8) is 0 Å². The fourth-order valence-electron chi connectivity index (χ4n) is 2.09. The van der Waals surface area contributed by atoms with Crippen molar-refractivity contribution in [1.82, 2.24) is 9.29 Å². The number of allylic oxidation sites excluding steroid dienone is 1. The van der Waals surface area contributed by atoms with Crippen molar-refractivity contribution in [2.24, 2.45) is 4.40 Å². The Balaban J connectivity index is 1.82. The Morgan fingerprint density at radius 2 is 2.04 bits per heavy atom. The lowest BCUT2D eigenvalue weighted by Crippen LogP contribution is -2.25. The number of thiazole rings is 1. The van der Waals surface area contributed by atoms with Gasteiger partial charge in [-0.1, -0.05) is 12.1 Å². The summed E-state index contributed by atoms with van der Waals surface area (Å²) in [7, 11) is 3.00. The molecule has 3 rings (SSSR count). The topological polar surface area (TPSA) is 64.0 Å². The molecule has 1 aromatic carbocycles. The van der Waals surface area contributed by atoms with Gasteiger partial charge in [-0.25, -0.2) is 9.78 Å². The third-order valence-electron chi connectivity index (χ3n) is 3.31. The highest BCUT2D eigenvalue weighted by Gasteiger charge is 2.25. The SMILES string of the molecule is COC(=O)C1=CC(c2nccs2)=NSN1Cc1ccc(OC)cc1. The van der Waals surface area contributed by atoms with Crippen LogP contribution in [0.15, 0.2) is 52.0 Å². The quantitative estimate of drug-likeness (QED) is 0.602. The highest BCUT2D eigenvalue weighted by molar-refractivity contribution is 7.96. The average molecular weight is 361 g/mol. The van der Waals surface area contributed by atoms with Gasteiger partial charge in [0.2, 0.25) is 0 Å². The summed E-state index contributed by atoms with van der Waals surface area (Å²) in [6.07, 6.45) is 3.42. The number of carbonyl (C=O) groups is 1. The van der Waals surface area contributed by atoms with Crippen LogP contribution in [0.1, 0.15) is 10.6 Å². The fraction of sp³-hybridized carbons (Fsp3) is 0.188. The van der Waals surface area contributed by atoms with E-state index in [1.807, 2.05) is 29.6 Å².